The monoisotopic (exact) mass is 267 g/mol. The Bertz CT molecular complexity index is 616. The molecule has 0 bridgehead atoms. The van der Waals surface area contributed by atoms with Gasteiger partial charge in [-0.3, -0.25) is 4.99 Å². The van der Waals surface area contributed by atoms with Crippen molar-refractivity contribution in [3.63, 3.8) is 0 Å². The zero-order valence-corrected chi connectivity index (χ0v) is 11.5. The summed E-state index contributed by atoms with van der Waals surface area (Å²) >= 11 is 5.89. The van der Waals surface area contributed by atoms with Gasteiger partial charge in [0.2, 0.25) is 0 Å². The van der Waals surface area contributed by atoms with Crippen LogP contribution >= 0.6 is 11.6 Å². The number of benzene rings is 2. The van der Waals surface area contributed by atoms with Crippen molar-refractivity contribution in [2.24, 2.45) is 4.99 Å². The van der Waals surface area contributed by atoms with Gasteiger partial charge in [0.1, 0.15) is 5.71 Å². The Morgan fingerprint density at radius 1 is 1.05 bits per heavy atom. The van der Waals surface area contributed by atoms with Crippen LogP contribution in [0.1, 0.15) is 18.1 Å². The summed E-state index contributed by atoms with van der Waals surface area (Å²) in [6, 6.07) is 17.5. The van der Waals surface area contributed by atoms with Crippen molar-refractivity contribution in [2.45, 2.75) is 6.92 Å². The largest absolute Gasteiger partial charge is 0.276 e. The molecule has 0 aliphatic rings. The van der Waals surface area contributed by atoms with Gasteiger partial charge in [0.05, 0.1) is 0 Å². The number of rotatable bonds is 2. The third kappa shape index (κ3) is 3.98. The number of aliphatic imine (C=N–C) groups is 1. The van der Waals surface area contributed by atoms with E-state index in [-0.39, 0.29) is 0 Å². The van der Waals surface area contributed by atoms with Crippen molar-refractivity contribution < 1.29 is 0 Å². The van der Waals surface area contributed by atoms with Crippen molar-refractivity contribution >= 4 is 17.3 Å². The molecule has 19 heavy (non-hydrogen) atoms. The number of halogens is 1. The number of nitrogens with zero attached hydrogens (tertiary/aromatic N) is 1. The van der Waals surface area contributed by atoms with Gasteiger partial charge < -0.3 is 0 Å². The fourth-order valence-electron chi connectivity index (χ4n) is 1.62. The molecule has 0 spiro atoms. The maximum atomic E-state index is 5.89. The van der Waals surface area contributed by atoms with Gasteiger partial charge in [-0.25, -0.2) is 0 Å². The average Bonchev–Trinajstić information content (AvgIpc) is 2.46. The maximum Gasteiger partial charge on any atom is 0.115 e. The van der Waals surface area contributed by atoms with Crippen molar-refractivity contribution in [3.05, 3.63) is 70.7 Å². The lowest BCUT2D eigenvalue weighted by Gasteiger charge is -1.99. The SMILES string of the molecule is CCN=C(C#Cc1ccccc1)c1ccc(Cl)cc1. The fraction of sp³-hybridized carbons (Fsp3) is 0.118. The van der Waals surface area contributed by atoms with E-state index in [1.54, 1.807) is 0 Å². The molecule has 2 aromatic carbocycles. The first kappa shape index (κ1) is 13.4. The molecule has 0 aromatic heterocycles. The molecule has 0 atom stereocenters. The summed E-state index contributed by atoms with van der Waals surface area (Å²) in [5.41, 5.74) is 2.78. The van der Waals surface area contributed by atoms with E-state index in [0.29, 0.717) is 6.54 Å². The second-order valence-corrected chi connectivity index (χ2v) is 4.38. The lowest BCUT2D eigenvalue weighted by molar-refractivity contribution is 1.13. The van der Waals surface area contributed by atoms with Crippen LogP contribution in [0.4, 0.5) is 0 Å². The minimum atomic E-state index is 0.710. The van der Waals surface area contributed by atoms with Gasteiger partial charge in [0.25, 0.3) is 0 Å². The van der Waals surface area contributed by atoms with Gasteiger partial charge in [0.15, 0.2) is 0 Å². The van der Waals surface area contributed by atoms with Gasteiger partial charge in [0, 0.05) is 22.7 Å². The maximum absolute atomic E-state index is 5.89. The van der Waals surface area contributed by atoms with Crippen molar-refractivity contribution in [2.75, 3.05) is 6.54 Å². The quantitative estimate of drug-likeness (QED) is 0.571. The van der Waals surface area contributed by atoms with E-state index in [4.69, 9.17) is 11.6 Å². The topological polar surface area (TPSA) is 12.4 Å². The van der Waals surface area contributed by atoms with Gasteiger partial charge in [-0.05, 0) is 37.1 Å². The van der Waals surface area contributed by atoms with E-state index in [0.717, 1.165) is 21.9 Å². The van der Waals surface area contributed by atoms with E-state index in [2.05, 4.69) is 16.8 Å². The summed E-state index contributed by atoms with van der Waals surface area (Å²) in [6.45, 7) is 2.71. The lowest BCUT2D eigenvalue weighted by Crippen LogP contribution is -1.98. The molecule has 2 heteroatoms. The van der Waals surface area contributed by atoms with Crippen LogP contribution in [0.2, 0.25) is 5.02 Å². The minimum Gasteiger partial charge on any atom is -0.276 e. The standard InChI is InChI=1S/C17H14ClN/c1-2-19-17(15-9-11-16(18)12-10-15)13-8-14-6-4-3-5-7-14/h3-7,9-12H,2H2,1H3. The molecule has 94 valence electrons. The van der Waals surface area contributed by atoms with Crippen LogP contribution in [0, 0.1) is 11.8 Å². The summed E-state index contributed by atoms with van der Waals surface area (Å²) in [5.74, 6) is 6.26. The van der Waals surface area contributed by atoms with E-state index in [1.165, 1.54) is 0 Å². The van der Waals surface area contributed by atoms with Gasteiger partial charge in [-0.1, -0.05) is 47.9 Å². The van der Waals surface area contributed by atoms with Crippen LogP contribution in [0.25, 0.3) is 0 Å². The highest BCUT2D eigenvalue weighted by Gasteiger charge is 1.99. The van der Waals surface area contributed by atoms with E-state index >= 15 is 0 Å². The second-order valence-electron chi connectivity index (χ2n) is 3.95. The molecule has 0 aliphatic carbocycles. The molecular weight excluding hydrogens is 254 g/mol. The molecule has 0 radical (unpaired) electrons. The first-order valence-electron chi connectivity index (χ1n) is 6.17. The Morgan fingerprint density at radius 3 is 2.37 bits per heavy atom. The Kier molecular flexibility index (Phi) is 4.78. The van der Waals surface area contributed by atoms with Crippen molar-refractivity contribution in [1.82, 2.24) is 0 Å². The third-order valence-electron chi connectivity index (χ3n) is 2.53. The molecule has 1 nitrogen and oxygen atoms in total. The minimum absolute atomic E-state index is 0.710. The molecule has 2 aromatic rings. The molecule has 0 aliphatic heterocycles. The molecule has 0 unspecified atom stereocenters. The molecule has 0 saturated heterocycles. The second kappa shape index (κ2) is 6.78. The predicted octanol–water partition coefficient (Wildman–Crippen LogP) is 4.20. The van der Waals surface area contributed by atoms with Crippen molar-refractivity contribution in [3.8, 4) is 11.8 Å². The Labute approximate surface area is 119 Å². The van der Waals surface area contributed by atoms with E-state index < -0.39 is 0 Å². The van der Waals surface area contributed by atoms with Gasteiger partial charge >= 0.3 is 0 Å². The first-order chi connectivity index (χ1) is 9.29. The summed E-state index contributed by atoms with van der Waals surface area (Å²) < 4.78 is 0. The van der Waals surface area contributed by atoms with Crippen molar-refractivity contribution in [1.29, 1.82) is 0 Å². The van der Waals surface area contributed by atoms with Crippen LogP contribution in [-0.2, 0) is 0 Å². The normalized spacial score (nSPS) is 10.7. The molecular formula is C17H14ClN. The van der Waals surface area contributed by atoms with Gasteiger partial charge in [-0.15, -0.1) is 0 Å². The van der Waals surface area contributed by atoms with Crippen LogP contribution < -0.4 is 0 Å². The Morgan fingerprint density at radius 2 is 1.74 bits per heavy atom. The molecule has 0 saturated carbocycles. The number of hydrogen-bond acceptors (Lipinski definition) is 1. The molecule has 0 fully saturated rings. The smallest absolute Gasteiger partial charge is 0.115 e. The van der Waals surface area contributed by atoms with Crippen LogP contribution in [0.3, 0.4) is 0 Å². The summed E-state index contributed by atoms with van der Waals surface area (Å²) in [6.07, 6.45) is 0. The highest BCUT2D eigenvalue weighted by molar-refractivity contribution is 6.30. The molecule has 0 N–H and O–H groups in total. The van der Waals surface area contributed by atoms with Crippen LogP contribution in [0.15, 0.2) is 59.6 Å². The molecule has 0 heterocycles. The Hall–Kier alpha value is -2.04. The highest BCUT2D eigenvalue weighted by Crippen LogP contribution is 2.10. The van der Waals surface area contributed by atoms with Crippen LogP contribution in [-0.4, -0.2) is 12.3 Å². The average molecular weight is 268 g/mol. The van der Waals surface area contributed by atoms with Gasteiger partial charge in [-0.2, -0.15) is 0 Å². The number of hydrogen-bond donors (Lipinski definition) is 0. The summed E-state index contributed by atoms with van der Waals surface area (Å²) in [7, 11) is 0. The molecule has 0 amide bonds. The zero-order valence-electron chi connectivity index (χ0n) is 10.7. The third-order valence-corrected chi connectivity index (χ3v) is 2.78. The molecule has 2 rings (SSSR count). The predicted molar refractivity (Wildman–Crippen MR) is 81.9 cm³/mol. The summed E-state index contributed by atoms with van der Waals surface area (Å²) in [5, 5.41) is 0.718. The summed E-state index contributed by atoms with van der Waals surface area (Å²) in [4.78, 5) is 4.44. The zero-order chi connectivity index (χ0) is 13.5. The van der Waals surface area contributed by atoms with E-state index in [1.807, 2.05) is 61.5 Å². The Balaban J connectivity index is 2.30. The lowest BCUT2D eigenvalue weighted by atomic mass is 10.1. The first-order valence-corrected chi connectivity index (χ1v) is 6.55. The van der Waals surface area contributed by atoms with E-state index in [9.17, 15) is 0 Å². The fourth-order valence-corrected chi connectivity index (χ4v) is 1.75. The highest BCUT2D eigenvalue weighted by atomic mass is 35.5. The van der Waals surface area contributed by atoms with Crippen LogP contribution in [0.5, 0.6) is 0 Å².